The van der Waals surface area contributed by atoms with Gasteiger partial charge in [-0.05, 0) is 31.9 Å². The van der Waals surface area contributed by atoms with Crippen LogP contribution in [0.1, 0.15) is 44.0 Å². The Morgan fingerprint density at radius 3 is 2.42 bits per heavy atom. The predicted molar refractivity (Wildman–Crippen MR) is 77.6 cm³/mol. The maximum atomic E-state index is 12.1. The molecular weight excluding hydrogens is 240 g/mol. The average molecular weight is 262 g/mol. The van der Waals surface area contributed by atoms with Crippen molar-refractivity contribution < 1.29 is 9.59 Å². The zero-order valence-electron chi connectivity index (χ0n) is 12.1. The van der Waals surface area contributed by atoms with Gasteiger partial charge >= 0.3 is 6.03 Å². The van der Waals surface area contributed by atoms with Gasteiger partial charge in [0.15, 0.2) is 5.78 Å². The van der Waals surface area contributed by atoms with Gasteiger partial charge in [-0.3, -0.25) is 4.79 Å². The van der Waals surface area contributed by atoms with Crippen LogP contribution < -0.4 is 5.32 Å². The first kappa shape index (κ1) is 15.2. The van der Waals surface area contributed by atoms with Gasteiger partial charge in [0.05, 0.1) is 0 Å². The number of hydrogen-bond acceptors (Lipinski definition) is 2. The van der Waals surface area contributed by atoms with Crippen LogP contribution >= 0.6 is 0 Å². The molecule has 0 aliphatic rings. The van der Waals surface area contributed by atoms with Gasteiger partial charge < -0.3 is 10.2 Å². The molecule has 0 fully saturated rings. The standard InChI is InChI=1S/C15H22N2O2/c1-5-14(6-2)17(4)15(19)16-13-9-7-8-12(10-13)11(3)18/h7-10,14H,5-6H2,1-4H3,(H,16,19). The Bertz CT molecular complexity index is 453. The summed E-state index contributed by atoms with van der Waals surface area (Å²) in [6.07, 6.45) is 1.85. The zero-order chi connectivity index (χ0) is 14.4. The van der Waals surface area contributed by atoms with Crippen LogP contribution in [0.4, 0.5) is 10.5 Å². The molecule has 0 unspecified atom stereocenters. The number of benzene rings is 1. The topological polar surface area (TPSA) is 49.4 Å². The smallest absolute Gasteiger partial charge is 0.321 e. The van der Waals surface area contributed by atoms with Gasteiger partial charge in [-0.2, -0.15) is 0 Å². The van der Waals surface area contributed by atoms with Crippen molar-refractivity contribution in [2.45, 2.75) is 39.7 Å². The second kappa shape index (κ2) is 6.92. The van der Waals surface area contributed by atoms with Crippen molar-refractivity contribution in [3.05, 3.63) is 29.8 Å². The molecule has 4 nitrogen and oxygen atoms in total. The Morgan fingerprint density at radius 2 is 1.89 bits per heavy atom. The van der Waals surface area contributed by atoms with E-state index in [-0.39, 0.29) is 17.9 Å². The monoisotopic (exact) mass is 262 g/mol. The molecule has 0 saturated carbocycles. The van der Waals surface area contributed by atoms with Crippen molar-refractivity contribution in [2.75, 3.05) is 12.4 Å². The van der Waals surface area contributed by atoms with Crippen molar-refractivity contribution in [1.29, 1.82) is 0 Å². The predicted octanol–water partition coefficient (Wildman–Crippen LogP) is 3.54. The Morgan fingerprint density at radius 1 is 1.26 bits per heavy atom. The van der Waals surface area contributed by atoms with Crippen molar-refractivity contribution >= 4 is 17.5 Å². The molecule has 0 heterocycles. The number of rotatable bonds is 5. The van der Waals surface area contributed by atoms with Crippen LogP contribution in [0, 0.1) is 0 Å². The molecule has 104 valence electrons. The number of hydrogen-bond donors (Lipinski definition) is 1. The number of nitrogens with one attached hydrogen (secondary N) is 1. The largest absolute Gasteiger partial charge is 0.325 e. The van der Waals surface area contributed by atoms with E-state index in [9.17, 15) is 9.59 Å². The molecule has 0 aromatic heterocycles. The quantitative estimate of drug-likeness (QED) is 0.825. The number of urea groups is 1. The van der Waals surface area contributed by atoms with Crippen LogP contribution in [0.15, 0.2) is 24.3 Å². The van der Waals surface area contributed by atoms with Crippen molar-refractivity contribution in [3.63, 3.8) is 0 Å². The summed E-state index contributed by atoms with van der Waals surface area (Å²) in [5, 5.41) is 2.82. The highest BCUT2D eigenvalue weighted by Crippen LogP contribution is 2.13. The van der Waals surface area contributed by atoms with Gasteiger partial charge in [-0.1, -0.05) is 26.0 Å². The van der Waals surface area contributed by atoms with Gasteiger partial charge in [-0.15, -0.1) is 0 Å². The summed E-state index contributed by atoms with van der Waals surface area (Å²) in [6.45, 7) is 5.64. The van der Waals surface area contributed by atoms with E-state index in [0.29, 0.717) is 11.3 Å². The van der Waals surface area contributed by atoms with Crippen LogP contribution in [0.5, 0.6) is 0 Å². The van der Waals surface area contributed by atoms with Gasteiger partial charge in [0, 0.05) is 24.3 Å². The minimum atomic E-state index is -0.144. The molecule has 1 N–H and O–H groups in total. The summed E-state index contributed by atoms with van der Waals surface area (Å²) >= 11 is 0. The Kier molecular flexibility index (Phi) is 5.55. The molecule has 0 bridgehead atoms. The number of ketones is 1. The Balaban J connectivity index is 2.76. The number of carbonyl (C=O) groups is 2. The van der Waals surface area contributed by atoms with E-state index in [0.717, 1.165) is 12.8 Å². The molecular formula is C15H22N2O2. The zero-order valence-corrected chi connectivity index (χ0v) is 12.1. The Hall–Kier alpha value is -1.84. The number of anilines is 1. The fourth-order valence-corrected chi connectivity index (χ4v) is 2.03. The maximum Gasteiger partial charge on any atom is 0.321 e. The van der Waals surface area contributed by atoms with Gasteiger partial charge in [-0.25, -0.2) is 4.79 Å². The third-order valence-electron chi connectivity index (χ3n) is 3.33. The molecule has 0 spiro atoms. The van der Waals surface area contributed by atoms with E-state index in [1.807, 2.05) is 0 Å². The number of Topliss-reactive ketones (excluding diaryl/α,β-unsaturated/α-hetero) is 1. The van der Waals surface area contributed by atoms with Crippen LogP contribution in [0.25, 0.3) is 0 Å². The lowest BCUT2D eigenvalue weighted by atomic mass is 10.1. The average Bonchev–Trinajstić information content (AvgIpc) is 2.40. The minimum absolute atomic E-state index is 0.00977. The molecule has 19 heavy (non-hydrogen) atoms. The first-order valence-electron chi connectivity index (χ1n) is 6.64. The highest BCUT2D eigenvalue weighted by atomic mass is 16.2. The molecule has 4 heteroatoms. The van der Waals surface area contributed by atoms with E-state index in [4.69, 9.17) is 0 Å². The second-order valence-electron chi connectivity index (χ2n) is 4.65. The number of carbonyl (C=O) groups excluding carboxylic acids is 2. The van der Waals surface area contributed by atoms with Crippen molar-refractivity contribution in [2.24, 2.45) is 0 Å². The van der Waals surface area contributed by atoms with Crippen LogP contribution in [0.3, 0.4) is 0 Å². The van der Waals surface area contributed by atoms with E-state index < -0.39 is 0 Å². The summed E-state index contributed by atoms with van der Waals surface area (Å²) in [7, 11) is 1.79. The molecule has 0 aliphatic heterocycles. The summed E-state index contributed by atoms with van der Waals surface area (Å²) in [5.74, 6) is -0.00977. The maximum absolute atomic E-state index is 12.1. The highest BCUT2D eigenvalue weighted by molar-refractivity contribution is 5.96. The molecule has 1 aromatic carbocycles. The highest BCUT2D eigenvalue weighted by Gasteiger charge is 2.16. The van der Waals surface area contributed by atoms with E-state index in [1.165, 1.54) is 6.92 Å². The normalized spacial score (nSPS) is 10.4. The second-order valence-corrected chi connectivity index (χ2v) is 4.65. The van der Waals surface area contributed by atoms with Crippen molar-refractivity contribution in [3.8, 4) is 0 Å². The summed E-state index contributed by atoms with van der Waals surface area (Å²) in [4.78, 5) is 25.1. The summed E-state index contributed by atoms with van der Waals surface area (Å²) in [5.41, 5.74) is 1.25. The molecule has 1 rings (SSSR count). The van der Waals surface area contributed by atoms with Crippen LogP contribution in [-0.4, -0.2) is 29.8 Å². The lowest BCUT2D eigenvalue weighted by Crippen LogP contribution is -2.39. The van der Waals surface area contributed by atoms with Gasteiger partial charge in [0.25, 0.3) is 0 Å². The SMILES string of the molecule is CCC(CC)N(C)C(=O)Nc1cccc(C(C)=O)c1. The van der Waals surface area contributed by atoms with Crippen molar-refractivity contribution in [1.82, 2.24) is 4.90 Å². The minimum Gasteiger partial charge on any atom is -0.325 e. The van der Waals surface area contributed by atoms with Crippen LogP contribution in [-0.2, 0) is 0 Å². The summed E-state index contributed by atoms with van der Waals surface area (Å²) < 4.78 is 0. The molecule has 1 aromatic rings. The fourth-order valence-electron chi connectivity index (χ4n) is 2.03. The lowest BCUT2D eigenvalue weighted by molar-refractivity contribution is 0.101. The first-order chi connectivity index (χ1) is 8.99. The molecule has 2 amide bonds. The number of amides is 2. The molecule has 0 atom stereocenters. The fraction of sp³-hybridized carbons (Fsp3) is 0.467. The number of nitrogens with zero attached hydrogens (tertiary/aromatic N) is 1. The van der Waals surface area contributed by atoms with Crippen LogP contribution in [0.2, 0.25) is 0 Å². The van der Waals surface area contributed by atoms with E-state index in [1.54, 1.807) is 36.2 Å². The van der Waals surface area contributed by atoms with Gasteiger partial charge in [0.1, 0.15) is 0 Å². The molecule has 0 saturated heterocycles. The lowest BCUT2D eigenvalue weighted by Gasteiger charge is -2.26. The molecule has 0 radical (unpaired) electrons. The third-order valence-corrected chi connectivity index (χ3v) is 3.33. The van der Waals surface area contributed by atoms with E-state index >= 15 is 0 Å². The van der Waals surface area contributed by atoms with Gasteiger partial charge in [0.2, 0.25) is 0 Å². The summed E-state index contributed by atoms with van der Waals surface area (Å²) in [6, 6.07) is 7.07. The first-order valence-corrected chi connectivity index (χ1v) is 6.64. The molecule has 0 aliphatic carbocycles. The Labute approximate surface area is 114 Å². The van der Waals surface area contributed by atoms with E-state index in [2.05, 4.69) is 19.2 Å². The third kappa shape index (κ3) is 4.09.